The van der Waals surface area contributed by atoms with Crippen molar-refractivity contribution >= 4 is 30.1 Å². The Balaban J connectivity index is 2.02. The summed E-state index contributed by atoms with van der Waals surface area (Å²) in [7, 11) is 0. The van der Waals surface area contributed by atoms with E-state index < -0.39 is 17.6 Å². The van der Waals surface area contributed by atoms with Crippen molar-refractivity contribution in [1.29, 1.82) is 0 Å². The summed E-state index contributed by atoms with van der Waals surface area (Å²) in [5.74, 6) is -0.506. The van der Waals surface area contributed by atoms with Gasteiger partial charge in [0, 0.05) is 31.0 Å². The molecule has 138 valence electrons. The standard InChI is InChI=1S/C18H18F3N3OS/c19-18(20,21)14-4-5-15(23-10-2-1-3-11-23)16(12-14)24(26)17(25)13-6-8-22-9-7-13/h4-9,12,26H,1-3,10-11H2. The van der Waals surface area contributed by atoms with Crippen LogP contribution < -0.4 is 9.21 Å². The van der Waals surface area contributed by atoms with Crippen LogP contribution in [0.5, 0.6) is 0 Å². The topological polar surface area (TPSA) is 36.4 Å². The van der Waals surface area contributed by atoms with Gasteiger partial charge in [0.2, 0.25) is 0 Å². The number of halogens is 3. The summed E-state index contributed by atoms with van der Waals surface area (Å²) in [6.07, 6.45) is 1.42. The lowest BCUT2D eigenvalue weighted by Crippen LogP contribution is -2.32. The Morgan fingerprint density at radius 2 is 1.73 bits per heavy atom. The first-order valence-electron chi connectivity index (χ1n) is 8.27. The van der Waals surface area contributed by atoms with Crippen molar-refractivity contribution in [3.05, 3.63) is 53.9 Å². The molecule has 1 amide bonds. The number of piperidine rings is 1. The quantitative estimate of drug-likeness (QED) is 0.791. The number of amides is 1. The van der Waals surface area contributed by atoms with Crippen LogP contribution in [0.4, 0.5) is 24.5 Å². The number of benzene rings is 1. The Bertz CT molecular complexity index is 777. The molecular formula is C18H18F3N3OS. The molecule has 0 atom stereocenters. The van der Waals surface area contributed by atoms with Gasteiger partial charge in [-0.1, -0.05) is 12.8 Å². The Morgan fingerprint density at radius 1 is 1.08 bits per heavy atom. The second-order valence-electron chi connectivity index (χ2n) is 6.10. The van der Waals surface area contributed by atoms with E-state index in [2.05, 4.69) is 17.8 Å². The van der Waals surface area contributed by atoms with Crippen LogP contribution in [0, 0.1) is 0 Å². The maximum Gasteiger partial charge on any atom is 0.416 e. The number of alkyl halides is 3. The molecule has 2 heterocycles. The number of hydrogen-bond donors (Lipinski definition) is 1. The zero-order valence-electron chi connectivity index (χ0n) is 13.9. The smallest absolute Gasteiger partial charge is 0.370 e. The summed E-state index contributed by atoms with van der Waals surface area (Å²) in [5.41, 5.74) is 0.203. The van der Waals surface area contributed by atoms with E-state index in [0.29, 0.717) is 11.3 Å². The van der Waals surface area contributed by atoms with E-state index >= 15 is 0 Å². The van der Waals surface area contributed by atoms with Crippen molar-refractivity contribution in [3.8, 4) is 0 Å². The number of carbonyl (C=O) groups excluding carboxylic acids is 1. The van der Waals surface area contributed by atoms with Crippen molar-refractivity contribution in [2.24, 2.45) is 0 Å². The van der Waals surface area contributed by atoms with Crippen molar-refractivity contribution < 1.29 is 18.0 Å². The van der Waals surface area contributed by atoms with Crippen LogP contribution >= 0.6 is 12.8 Å². The molecule has 0 radical (unpaired) electrons. The average molecular weight is 381 g/mol. The van der Waals surface area contributed by atoms with Crippen molar-refractivity contribution in [2.75, 3.05) is 22.3 Å². The number of nitrogens with zero attached hydrogens (tertiary/aromatic N) is 3. The SMILES string of the molecule is O=C(c1ccncc1)N(S)c1cc(C(F)(F)F)ccc1N1CCCCC1. The van der Waals surface area contributed by atoms with Crippen LogP contribution in [0.15, 0.2) is 42.7 Å². The molecule has 1 aliphatic heterocycles. The minimum Gasteiger partial charge on any atom is -0.370 e. The molecule has 8 heteroatoms. The third kappa shape index (κ3) is 3.95. The van der Waals surface area contributed by atoms with E-state index in [1.807, 2.05) is 4.90 Å². The lowest BCUT2D eigenvalue weighted by Gasteiger charge is -2.32. The number of hydrogen-bond acceptors (Lipinski definition) is 4. The highest BCUT2D eigenvalue weighted by molar-refractivity contribution is 7.82. The molecule has 3 rings (SSSR count). The highest BCUT2D eigenvalue weighted by atomic mass is 32.1. The van der Waals surface area contributed by atoms with Crippen molar-refractivity contribution in [3.63, 3.8) is 0 Å². The molecule has 1 aromatic heterocycles. The fraction of sp³-hybridized carbons (Fsp3) is 0.333. The maximum absolute atomic E-state index is 13.2. The highest BCUT2D eigenvalue weighted by Crippen LogP contribution is 2.39. The van der Waals surface area contributed by atoms with Gasteiger partial charge in [0.1, 0.15) is 0 Å². The molecule has 26 heavy (non-hydrogen) atoms. The first-order valence-corrected chi connectivity index (χ1v) is 8.67. The Hall–Kier alpha value is -2.22. The van der Waals surface area contributed by atoms with Crippen LogP contribution in [0.3, 0.4) is 0 Å². The maximum atomic E-state index is 13.2. The molecule has 4 nitrogen and oxygen atoms in total. The molecule has 1 saturated heterocycles. The van der Waals surface area contributed by atoms with Gasteiger partial charge < -0.3 is 4.90 Å². The first kappa shape index (κ1) is 18.6. The lowest BCUT2D eigenvalue weighted by molar-refractivity contribution is -0.137. The van der Waals surface area contributed by atoms with Gasteiger partial charge in [-0.25, -0.2) is 0 Å². The molecule has 1 aromatic carbocycles. The molecule has 0 N–H and O–H groups in total. The number of rotatable bonds is 3. The van der Waals surface area contributed by atoms with E-state index in [0.717, 1.165) is 48.8 Å². The van der Waals surface area contributed by atoms with E-state index in [1.165, 1.54) is 30.6 Å². The summed E-state index contributed by atoms with van der Waals surface area (Å²) >= 11 is 4.23. The van der Waals surface area contributed by atoms with Crippen molar-refractivity contribution in [2.45, 2.75) is 25.4 Å². The predicted molar refractivity (Wildman–Crippen MR) is 97.5 cm³/mol. The molecular weight excluding hydrogens is 363 g/mol. The predicted octanol–water partition coefficient (Wildman–Crippen LogP) is 4.58. The van der Waals surface area contributed by atoms with Crippen LogP contribution in [0.1, 0.15) is 35.2 Å². The van der Waals surface area contributed by atoms with Crippen molar-refractivity contribution in [1.82, 2.24) is 4.98 Å². The second kappa shape index (κ2) is 7.57. The molecule has 0 saturated carbocycles. The molecule has 1 aliphatic rings. The zero-order valence-corrected chi connectivity index (χ0v) is 14.8. The van der Waals surface area contributed by atoms with Gasteiger partial charge in [-0.3, -0.25) is 14.1 Å². The summed E-state index contributed by atoms with van der Waals surface area (Å²) in [6, 6.07) is 6.45. The van der Waals surface area contributed by atoms with Gasteiger partial charge in [0.15, 0.2) is 0 Å². The number of anilines is 2. The number of thiol groups is 1. The van der Waals surface area contributed by atoms with Gasteiger partial charge in [0.25, 0.3) is 5.91 Å². The molecule has 1 fully saturated rings. The van der Waals surface area contributed by atoms with Gasteiger partial charge in [-0.15, -0.1) is 0 Å². The van der Waals surface area contributed by atoms with Crippen LogP contribution in [-0.2, 0) is 6.18 Å². The summed E-state index contributed by atoms with van der Waals surface area (Å²) < 4.78 is 40.5. The molecule has 0 aliphatic carbocycles. The lowest BCUT2D eigenvalue weighted by atomic mass is 10.1. The largest absolute Gasteiger partial charge is 0.416 e. The minimum atomic E-state index is -4.50. The fourth-order valence-corrected chi connectivity index (χ4v) is 3.27. The third-order valence-electron chi connectivity index (χ3n) is 4.35. The van der Waals surface area contributed by atoms with Gasteiger partial charge in [0.05, 0.1) is 16.9 Å². The van der Waals surface area contributed by atoms with E-state index in [4.69, 9.17) is 0 Å². The van der Waals surface area contributed by atoms with E-state index in [9.17, 15) is 18.0 Å². The normalized spacial score (nSPS) is 15.0. The van der Waals surface area contributed by atoms with E-state index in [-0.39, 0.29) is 5.69 Å². The van der Waals surface area contributed by atoms with Gasteiger partial charge in [-0.2, -0.15) is 13.2 Å². The first-order chi connectivity index (χ1) is 12.4. The van der Waals surface area contributed by atoms with Gasteiger partial charge in [-0.05, 0) is 49.6 Å². The monoisotopic (exact) mass is 381 g/mol. The minimum absolute atomic E-state index is 0.131. The van der Waals surface area contributed by atoms with Crippen LogP contribution in [0.25, 0.3) is 0 Å². The molecule has 0 unspecified atom stereocenters. The Kier molecular flexibility index (Phi) is 5.41. The van der Waals surface area contributed by atoms with Gasteiger partial charge >= 0.3 is 6.18 Å². The Labute approximate surface area is 155 Å². The second-order valence-corrected chi connectivity index (χ2v) is 6.50. The van der Waals surface area contributed by atoms with Crippen LogP contribution in [0.2, 0.25) is 0 Å². The third-order valence-corrected chi connectivity index (χ3v) is 4.74. The average Bonchev–Trinajstić information content (AvgIpc) is 2.67. The number of pyridine rings is 1. The fourth-order valence-electron chi connectivity index (χ4n) is 3.00. The summed E-state index contributed by atoms with van der Waals surface area (Å²) in [5, 5.41) is 0. The molecule has 0 spiro atoms. The summed E-state index contributed by atoms with van der Waals surface area (Å²) in [6.45, 7) is 1.48. The molecule has 0 bridgehead atoms. The highest BCUT2D eigenvalue weighted by Gasteiger charge is 2.33. The van der Waals surface area contributed by atoms with Crippen LogP contribution in [-0.4, -0.2) is 24.0 Å². The zero-order chi connectivity index (χ0) is 18.7. The van der Waals surface area contributed by atoms with E-state index in [1.54, 1.807) is 0 Å². The summed E-state index contributed by atoms with van der Waals surface area (Å²) in [4.78, 5) is 18.5. The number of carbonyl (C=O) groups is 1. The molecule has 2 aromatic rings. The number of aromatic nitrogens is 1. The Morgan fingerprint density at radius 3 is 2.35 bits per heavy atom.